The second-order valence-electron chi connectivity index (χ2n) is 2.30. The lowest BCUT2D eigenvalue weighted by molar-refractivity contribution is -0.120. The van der Waals surface area contributed by atoms with Gasteiger partial charge in [-0.05, 0) is 0 Å². The minimum absolute atomic E-state index is 0.168. The van der Waals surface area contributed by atoms with Crippen LogP contribution in [-0.2, 0) is 9.59 Å². The summed E-state index contributed by atoms with van der Waals surface area (Å²) in [5.41, 5.74) is 0. The molecule has 4 heteroatoms. The van der Waals surface area contributed by atoms with Gasteiger partial charge in [0.15, 0.2) is 0 Å². The number of nitrogens with zero attached hydrogens (tertiary/aromatic N) is 1. The van der Waals surface area contributed by atoms with Crippen LogP contribution in [0.2, 0.25) is 0 Å². The Balaban J connectivity index is 2.38. The third-order valence-corrected chi connectivity index (χ3v) is 1.55. The van der Waals surface area contributed by atoms with Crippen molar-refractivity contribution in [3.8, 4) is 0 Å². The fraction of sp³-hybridized carbons (Fsp3) is 0.667. The van der Waals surface area contributed by atoms with Gasteiger partial charge in [-0.2, -0.15) is 0 Å². The molecule has 0 bridgehead atoms. The van der Waals surface area contributed by atoms with E-state index in [1.165, 1.54) is 0 Å². The van der Waals surface area contributed by atoms with Gasteiger partial charge in [-0.25, -0.2) is 0 Å². The van der Waals surface area contributed by atoms with Crippen molar-refractivity contribution in [2.75, 3.05) is 19.6 Å². The normalized spacial score (nSPS) is 26.0. The summed E-state index contributed by atoms with van der Waals surface area (Å²) in [6.07, 6.45) is 1.60. The molecule has 1 saturated heterocycles. The quantitative estimate of drug-likeness (QED) is 0.483. The number of piperazine rings is 1. The summed E-state index contributed by atoms with van der Waals surface area (Å²) in [4.78, 5) is 22.0. The lowest BCUT2D eigenvalue weighted by Gasteiger charge is -2.27. The first kappa shape index (κ1) is 7.21. The predicted octanol–water partition coefficient (Wildman–Crippen LogP) is -1.38. The summed E-state index contributed by atoms with van der Waals surface area (Å²) in [6, 6.07) is -0.168. The molecule has 1 aliphatic rings. The van der Waals surface area contributed by atoms with Crippen molar-refractivity contribution in [2.24, 2.45) is 0 Å². The number of hydrogen-bond donors (Lipinski definition) is 1. The number of hydrogen-bond acceptors (Lipinski definition) is 3. The largest absolute Gasteiger partial charge is 0.342 e. The van der Waals surface area contributed by atoms with E-state index < -0.39 is 0 Å². The minimum atomic E-state index is -0.168. The van der Waals surface area contributed by atoms with Crippen molar-refractivity contribution in [2.45, 2.75) is 6.04 Å². The van der Waals surface area contributed by atoms with E-state index in [-0.39, 0.29) is 6.04 Å². The molecule has 0 radical (unpaired) electrons. The zero-order chi connectivity index (χ0) is 7.40. The number of carbonyl (C=O) groups excluding carboxylic acids is 2. The maximum absolute atomic E-state index is 10.2. The van der Waals surface area contributed by atoms with E-state index in [0.717, 1.165) is 12.7 Å². The standard InChI is InChI=1S/C6H10N2O2/c9-4-6-3-8(5-10)2-1-7-6/h4-7H,1-3H2. The monoisotopic (exact) mass is 142 g/mol. The molecule has 1 amide bonds. The molecule has 1 rings (SSSR count). The molecule has 0 aliphatic carbocycles. The average molecular weight is 142 g/mol. The first-order chi connectivity index (χ1) is 4.86. The molecule has 0 spiro atoms. The number of carbonyl (C=O) groups is 2. The third kappa shape index (κ3) is 1.54. The molecule has 1 atom stereocenters. The molecule has 1 unspecified atom stereocenters. The fourth-order valence-electron chi connectivity index (χ4n) is 0.989. The highest BCUT2D eigenvalue weighted by molar-refractivity contribution is 5.60. The van der Waals surface area contributed by atoms with Crippen molar-refractivity contribution in [3.63, 3.8) is 0 Å². The SMILES string of the molecule is O=CC1CN(C=O)CCN1. The van der Waals surface area contributed by atoms with Gasteiger partial charge in [0.25, 0.3) is 0 Å². The van der Waals surface area contributed by atoms with Gasteiger partial charge in [-0.1, -0.05) is 0 Å². The molecule has 0 aromatic carbocycles. The van der Waals surface area contributed by atoms with Crippen LogP contribution >= 0.6 is 0 Å². The Labute approximate surface area is 59.2 Å². The summed E-state index contributed by atoms with van der Waals surface area (Å²) >= 11 is 0. The molecular weight excluding hydrogens is 132 g/mol. The second-order valence-corrected chi connectivity index (χ2v) is 2.30. The molecule has 0 saturated carbocycles. The van der Waals surface area contributed by atoms with E-state index in [1.807, 2.05) is 0 Å². The van der Waals surface area contributed by atoms with Gasteiger partial charge in [-0.3, -0.25) is 4.79 Å². The first-order valence-electron chi connectivity index (χ1n) is 3.25. The van der Waals surface area contributed by atoms with Gasteiger partial charge in [0.1, 0.15) is 6.29 Å². The van der Waals surface area contributed by atoms with E-state index in [4.69, 9.17) is 0 Å². The smallest absolute Gasteiger partial charge is 0.209 e. The van der Waals surface area contributed by atoms with Gasteiger partial charge < -0.3 is 15.0 Å². The van der Waals surface area contributed by atoms with E-state index in [0.29, 0.717) is 19.6 Å². The van der Waals surface area contributed by atoms with Crippen LogP contribution in [0.5, 0.6) is 0 Å². The van der Waals surface area contributed by atoms with Crippen LogP contribution < -0.4 is 5.32 Å². The number of aldehydes is 1. The maximum atomic E-state index is 10.2. The molecule has 4 nitrogen and oxygen atoms in total. The molecule has 1 N–H and O–H groups in total. The number of nitrogens with one attached hydrogen (secondary N) is 1. The lowest BCUT2D eigenvalue weighted by Crippen LogP contribution is -2.50. The van der Waals surface area contributed by atoms with Gasteiger partial charge in [0, 0.05) is 19.6 Å². The van der Waals surface area contributed by atoms with E-state index >= 15 is 0 Å². The van der Waals surface area contributed by atoms with Crippen LogP contribution in [0.3, 0.4) is 0 Å². The maximum Gasteiger partial charge on any atom is 0.209 e. The van der Waals surface area contributed by atoms with Crippen molar-refractivity contribution >= 4 is 12.7 Å². The summed E-state index contributed by atoms with van der Waals surface area (Å²) in [5, 5.41) is 2.96. The van der Waals surface area contributed by atoms with E-state index in [1.54, 1.807) is 4.90 Å². The highest BCUT2D eigenvalue weighted by Crippen LogP contribution is 1.92. The zero-order valence-corrected chi connectivity index (χ0v) is 5.62. The first-order valence-corrected chi connectivity index (χ1v) is 3.25. The van der Waals surface area contributed by atoms with Gasteiger partial charge in [-0.15, -0.1) is 0 Å². The van der Waals surface area contributed by atoms with Crippen LogP contribution in [0.15, 0.2) is 0 Å². The zero-order valence-electron chi connectivity index (χ0n) is 5.62. The average Bonchev–Trinajstić information content (AvgIpc) is 2.05. The number of amides is 1. The molecule has 10 heavy (non-hydrogen) atoms. The Morgan fingerprint density at radius 2 is 2.30 bits per heavy atom. The van der Waals surface area contributed by atoms with Crippen LogP contribution in [-0.4, -0.2) is 43.3 Å². The molecule has 1 fully saturated rings. The summed E-state index contributed by atoms with van der Waals surface area (Å²) in [7, 11) is 0. The summed E-state index contributed by atoms with van der Waals surface area (Å²) < 4.78 is 0. The highest BCUT2D eigenvalue weighted by Gasteiger charge is 2.15. The van der Waals surface area contributed by atoms with Crippen molar-refractivity contribution in [1.29, 1.82) is 0 Å². The molecule has 0 aromatic heterocycles. The molecular formula is C6H10N2O2. The van der Waals surface area contributed by atoms with Crippen LogP contribution in [0.25, 0.3) is 0 Å². The van der Waals surface area contributed by atoms with Gasteiger partial charge >= 0.3 is 0 Å². The van der Waals surface area contributed by atoms with Gasteiger partial charge in [0.2, 0.25) is 6.41 Å². The third-order valence-electron chi connectivity index (χ3n) is 1.55. The van der Waals surface area contributed by atoms with Crippen molar-refractivity contribution in [1.82, 2.24) is 10.2 Å². The Bertz CT molecular complexity index is 124. The minimum Gasteiger partial charge on any atom is -0.342 e. The van der Waals surface area contributed by atoms with Crippen LogP contribution in [0.1, 0.15) is 0 Å². The predicted molar refractivity (Wildman–Crippen MR) is 35.5 cm³/mol. The Morgan fingerprint density at radius 1 is 1.50 bits per heavy atom. The van der Waals surface area contributed by atoms with Gasteiger partial charge in [0.05, 0.1) is 6.04 Å². The van der Waals surface area contributed by atoms with E-state index in [2.05, 4.69) is 5.32 Å². The second kappa shape index (κ2) is 3.31. The Kier molecular flexibility index (Phi) is 2.39. The summed E-state index contributed by atoms with van der Waals surface area (Å²) in [6.45, 7) is 1.92. The highest BCUT2D eigenvalue weighted by atomic mass is 16.1. The lowest BCUT2D eigenvalue weighted by atomic mass is 10.2. The topological polar surface area (TPSA) is 49.4 Å². The Morgan fingerprint density at radius 3 is 2.90 bits per heavy atom. The Hall–Kier alpha value is -0.900. The van der Waals surface area contributed by atoms with Crippen molar-refractivity contribution in [3.05, 3.63) is 0 Å². The van der Waals surface area contributed by atoms with Crippen LogP contribution in [0.4, 0.5) is 0 Å². The van der Waals surface area contributed by atoms with Crippen molar-refractivity contribution < 1.29 is 9.59 Å². The number of rotatable bonds is 2. The molecule has 56 valence electrons. The fourth-order valence-corrected chi connectivity index (χ4v) is 0.989. The molecule has 1 aliphatic heterocycles. The van der Waals surface area contributed by atoms with Crippen LogP contribution in [0, 0.1) is 0 Å². The molecule has 0 aromatic rings. The van der Waals surface area contributed by atoms with E-state index in [9.17, 15) is 9.59 Å². The summed E-state index contributed by atoms with van der Waals surface area (Å²) in [5.74, 6) is 0. The molecule has 1 heterocycles.